The van der Waals surface area contributed by atoms with E-state index in [2.05, 4.69) is 15.3 Å². The second-order valence-corrected chi connectivity index (χ2v) is 9.18. The number of benzene rings is 1. The molecule has 1 aromatic carbocycles. The van der Waals surface area contributed by atoms with Crippen LogP contribution in [0.2, 0.25) is 5.02 Å². The Hall–Kier alpha value is -3.50. The summed E-state index contributed by atoms with van der Waals surface area (Å²) in [5, 5.41) is 12.9. The number of pyridine rings is 2. The third-order valence-electron chi connectivity index (χ3n) is 4.82. The maximum absolute atomic E-state index is 13.8. The molecular weight excluding hydrogens is 459 g/mol. The van der Waals surface area contributed by atoms with E-state index in [0.29, 0.717) is 16.5 Å². The molecule has 0 amide bonds. The highest BCUT2D eigenvalue weighted by Gasteiger charge is 2.26. The number of hydrogen-bond donors (Lipinski definition) is 2. The number of fused-ring (bicyclic) bond motifs is 1. The highest BCUT2D eigenvalue weighted by molar-refractivity contribution is 7.90. The van der Waals surface area contributed by atoms with Gasteiger partial charge in [-0.1, -0.05) is 11.6 Å². The average molecular weight is 475 g/mol. The van der Waals surface area contributed by atoms with Crippen LogP contribution in [0, 0.1) is 12.7 Å². The summed E-state index contributed by atoms with van der Waals surface area (Å²) in [7, 11) is -4.14. The first-order valence-electron chi connectivity index (χ1n) is 9.27. The number of halogens is 2. The summed E-state index contributed by atoms with van der Waals surface area (Å²) in [6, 6.07) is 8.07. The molecule has 0 spiro atoms. The van der Waals surface area contributed by atoms with Gasteiger partial charge in [0.15, 0.2) is 0 Å². The van der Waals surface area contributed by atoms with Crippen molar-refractivity contribution >= 4 is 50.0 Å². The van der Waals surface area contributed by atoms with Crippen molar-refractivity contribution < 1.29 is 22.7 Å². The number of carboxylic acid groups (broad SMARTS) is 1. The van der Waals surface area contributed by atoms with Crippen molar-refractivity contribution in [3.05, 3.63) is 77.1 Å². The molecule has 32 heavy (non-hydrogen) atoms. The lowest BCUT2D eigenvalue weighted by atomic mass is 10.1. The number of rotatable bonds is 6. The lowest BCUT2D eigenvalue weighted by Crippen LogP contribution is -2.15. The van der Waals surface area contributed by atoms with Crippen molar-refractivity contribution in [3.8, 4) is 0 Å². The van der Waals surface area contributed by atoms with Crippen molar-refractivity contribution in [2.45, 2.75) is 18.2 Å². The fourth-order valence-corrected chi connectivity index (χ4v) is 5.15. The van der Waals surface area contributed by atoms with E-state index in [1.807, 2.05) is 0 Å². The van der Waals surface area contributed by atoms with Crippen molar-refractivity contribution in [1.29, 1.82) is 0 Å². The summed E-state index contributed by atoms with van der Waals surface area (Å²) < 4.78 is 41.6. The van der Waals surface area contributed by atoms with Crippen LogP contribution in [0.1, 0.15) is 11.3 Å². The quantitative estimate of drug-likeness (QED) is 0.431. The number of aliphatic carboxylic acids is 1. The van der Waals surface area contributed by atoms with Gasteiger partial charge in [-0.2, -0.15) is 0 Å². The van der Waals surface area contributed by atoms with Gasteiger partial charge in [-0.3, -0.25) is 9.78 Å². The average Bonchev–Trinajstić information content (AvgIpc) is 2.99. The molecule has 3 aromatic heterocycles. The van der Waals surface area contributed by atoms with Crippen molar-refractivity contribution in [3.63, 3.8) is 0 Å². The molecule has 0 fully saturated rings. The molecule has 0 radical (unpaired) electrons. The van der Waals surface area contributed by atoms with Crippen LogP contribution in [-0.4, -0.2) is 33.4 Å². The SMILES string of the molecule is Cc1c(CC(=O)O)c2cc(F)ccc2n1S(=O)(=O)c1ccc(Nc2cncc(Cl)c2)nc1. The summed E-state index contributed by atoms with van der Waals surface area (Å²) in [5.74, 6) is -1.37. The van der Waals surface area contributed by atoms with E-state index in [-0.39, 0.29) is 27.1 Å². The summed E-state index contributed by atoms with van der Waals surface area (Å²) in [6.07, 6.45) is 3.76. The lowest BCUT2D eigenvalue weighted by molar-refractivity contribution is -0.136. The smallest absolute Gasteiger partial charge is 0.307 e. The van der Waals surface area contributed by atoms with Crippen LogP contribution in [0.15, 0.2) is 59.9 Å². The molecule has 0 saturated carbocycles. The fourth-order valence-electron chi connectivity index (χ4n) is 3.45. The van der Waals surface area contributed by atoms with Gasteiger partial charge < -0.3 is 10.4 Å². The van der Waals surface area contributed by atoms with Gasteiger partial charge in [0.1, 0.15) is 16.5 Å². The van der Waals surface area contributed by atoms with Crippen molar-refractivity contribution in [2.24, 2.45) is 0 Å². The predicted octanol–water partition coefficient (Wildman–Crippen LogP) is 4.14. The molecule has 4 rings (SSSR count). The van der Waals surface area contributed by atoms with E-state index < -0.39 is 28.2 Å². The van der Waals surface area contributed by atoms with Crippen LogP contribution >= 0.6 is 11.6 Å². The number of aromatic nitrogens is 3. The first-order chi connectivity index (χ1) is 15.2. The molecule has 4 aromatic rings. The van der Waals surface area contributed by atoms with E-state index >= 15 is 0 Å². The van der Waals surface area contributed by atoms with Gasteiger partial charge >= 0.3 is 5.97 Å². The molecule has 0 aliphatic rings. The van der Waals surface area contributed by atoms with Crippen LogP contribution in [0.4, 0.5) is 15.9 Å². The lowest BCUT2D eigenvalue weighted by Gasteiger charge is -2.11. The van der Waals surface area contributed by atoms with Crippen LogP contribution in [0.25, 0.3) is 10.9 Å². The van der Waals surface area contributed by atoms with Crippen LogP contribution < -0.4 is 5.32 Å². The molecule has 3 heterocycles. The van der Waals surface area contributed by atoms with Crippen LogP contribution in [-0.2, 0) is 21.2 Å². The Morgan fingerprint density at radius 2 is 1.97 bits per heavy atom. The fraction of sp³-hybridized carbons (Fsp3) is 0.0952. The van der Waals surface area contributed by atoms with Gasteiger partial charge in [0.2, 0.25) is 0 Å². The van der Waals surface area contributed by atoms with Crippen LogP contribution in [0.5, 0.6) is 0 Å². The largest absolute Gasteiger partial charge is 0.481 e. The van der Waals surface area contributed by atoms with Gasteiger partial charge in [0.05, 0.1) is 28.8 Å². The van der Waals surface area contributed by atoms with Crippen molar-refractivity contribution in [1.82, 2.24) is 13.9 Å². The Morgan fingerprint density at radius 1 is 1.19 bits per heavy atom. The molecule has 0 unspecified atom stereocenters. The summed E-state index contributed by atoms with van der Waals surface area (Å²) >= 11 is 5.90. The molecule has 8 nitrogen and oxygen atoms in total. The molecule has 0 atom stereocenters. The molecule has 0 saturated heterocycles. The molecular formula is C21H16ClFN4O4S. The maximum atomic E-state index is 13.8. The highest BCUT2D eigenvalue weighted by Crippen LogP contribution is 2.31. The van der Waals surface area contributed by atoms with E-state index in [9.17, 15) is 22.7 Å². The Kier molecular flexibility index (Phi) is 5.57. The first kappa shape index (κ1) is 21.7. The highest BCUT2D eigenvalue weighted by atomic mass is 35.5. The van der Waals surface area contributed by atoms with Crippen molar-refractivity contribution in [2.75, 3.05) is 5.32 Å². The number of carbonyl (C=O) groups is 1. The number of nitrogens with zero attached hydrogens (tertiary/aromatic N) is 3. The Bertz CT molecular complexity index is 1450. The minimum Gasteiger partial charge on any atom is -0.481 e. The standard InChI is InChI=1S/C21H16ClFN4O4S/c1-12-17(8-21(28)29)18-7-14(23)2-4-19(18)27(12)32(30,31)16-3-5-20(25-11-16)26-15-6-13(22)9-24-10-15/h2-7,9-11H,8H2,1H3,(H,25,26)(H,28,29). The zero-order valence-electron chi connectivity index (χ0n) is 16.6. The Balaban J connectivity index is 1.76. The second kappa shape index (κ2) is 8.21. The molecule has 0 aliphatic heterocycles. The number of carboxylic acids is 1. The summed E-state index contributed by atoms with van der Waals surface area (Å²) in [5.41, 5.74) is 1.19. The first-order valence-corrected chi connectivity index (χ1v) is 11.1. The van der Waals surface area contributed by atoms with Gasteiger partial charge in [-0.05, 0) is 48.9 Å². The minimum absolute atomic E-state index is 0.113. The Labute approximate surface area is 187 Å². The van der Waals surface area contributed by atoms with E-state index in [0.717, 1.165) is 16.1 Å². The zero-order chi connectivity index (χ0) is 23.0. The topological polar surface area (TPSA) is 114 Å². The monoisotopic (exact) mass is 474 g/mol. The predicted molar refractivity (Wildman–Crippen MR) is 117 cm³/mol. The second-order valence-electron chi connectivity index (χ2n) is 6.96. The van der Waals surface area contributed by atoms with Gasteiger partial charge in [0, 0.05) is 23.5 Å². The summed E-state index contributed by atoms with van der Waals surface area (Å²) in [6.45, 7) is 1.49. The van der Waals surface area contributed by atoms with Gasteiger partial charge in [-0.15, -0.1) is 0 Å². The normalized spacial score (nSPS) is 11.6. The van der Waals surface area contributed by atoms with E-state index in [1.165, 1.54) is 43.7 Å². The maximum Gasteiger partial charge on any atom is 0.307 e. The van der Waals surface area contributed by atoms with E-state index in [1.54, 1.807) is 6.07 Å². The molecule has 0 aliphatic carbocycles. The molecule has 11 heteroatoms. The zero-order valence-corrected chi connectivity index (χ0v) is 18.2. The third kappa shape index (κ3) is 4.02. The van der Waals surface area contributed by atoms with Crippen LogP contribution in [0.3, 0.4) is 0 Å². The number of anilines is 2. The number of nitrogens with one attached hydrogen (secondary N) is 1. The van der Waals surface area contributed by atoms with Gasteiger partial charge in [0.25, 0.3) is 10.0 Å². The number of hydrogen-bond acceptors (Lipinski definition) is 6. The third-order valence-corrected chi connectivity index (χ3v) is 6.82. The minimum atomic E-state index is -4.14. The summed E-state index contributed by atoms with van der Waals surface area (Å²) in [4.78, 5) is 19.3. The molecule has 164 valence electrons. The molecule has 2 N–H and O–H groups in total. The Morgan fingerprint density at radius 3 is 2.62 bits per heavy atom. The van der Waals surface area contributed by atoms with Gasteiger partial charge in [-0.25, -0.2) is 21.8 Å². The van der Waals surface area contributed by atoms with E-state index in [4.69, 9.17) is 11.6 Å². The molecule has 0 bridgehead atoms.